The topological polar surface area (TPSA) is 75.6 Å². The summed E-state index contributed by atoms with van der Waals surface area (Å²) in [4.78, 5) is 0.125. The first-order valence-electron chi connectivity index (χ1n) is 6.33. The summed E-state index contributed by atoms with van der Waals surface area (Å²) in [7, 11) is -2.15. The largest absolute Gasteiger partial charge is 0.496 e. The summed E-state index contributed by atoms with van der Waals surface area (Å²) in [6.45, 7) is 3.63. The quantitative estimate of drug-likeness (QED) is 0.777. The summed E-state index contributed by atoms with van der Waals surface area (Å²) < 4.78 is 32.4. The molecule has 1 aromatic rings. The predicted octanol–water partition coefficient (Wildman–Crippen LogP) is 2.29. The molecule has 0 heterocycles. The molecular formula is C13H20BrNO4S. The molecule has 2 N–H and O–H groups in total. The molecule has 7 heteroatoms. The Morgan fingerprint density at radius 2 is 1.95 bits per heavy atom. The fourth-order valence-electron chi connectivity index (χ4n) is 1.63. The van der Waals surface area contributed by atoms with E-state index in [9.17, 15) is 13.5 Å². The van der Waals surface area contributed by atoms with Gasteiger partial charge in [0.2, 0.25) is 10.0 Å². The molecule has 1 rings (SSSR count). The first-order chi connectivity index (χ1) is 9.28. The number of rotatable bonds is 7. The van der Waals surface area contributed by atoms with Crippen LogP contribution in [0.4, 0.5) is 0 Å². The van der Waals surface area contributed by atoms with Gasteiger partial charge in [0.15, 0.2) is 0 Å². The fourth-order valence-corrected chi connectivity index (χ4v) is 3.46. The van der Waals surface area contributed by atoms with Crippen molar-refractivity contribution in [1.29, 1.82) is 0 Å². The molecule has 0 amide bonds. The molecule has 1 aromatic carbocycles. The Kier molecular flexibility index (Phi) is 6.00. The van der Waals surface area contributed by atoms with Gasteiger partial charge in [-0.05, 0) is 47.0 Å². The lowest BCUT2D eigenvalue weighted by Crippen LogP contribution is -2.41. The van der Waals surface area contributed by atoms with Crippen LogP contribution < -0.4 is 9.46 Å². The van der Waals surface area contributed by atoms with Crippen molar-refractivity contribution in [3.05, 3.63) is 22.7 Å². The highest BCUT2D eigenvalue weighted by Gasteiger charge is 2.25. The van der Waals surface area contributed by atoms with E-state index in [-0.39, 0.29) is 11.4 Å². The third-order valence-electron chi connectivity index (χ3n) is 3.34. The number of hydrogen-bond donors (Lipinski definition) is 2. The molecule has 0 aliphatic rings. The van der Waals surface area contributed by atoms with Crippen molar-refractivity contribution >= 4 is 26.0 Å². The smallest absolute Gasteiger partial charge is 0.240 e. The Morgan fingerprint density at radius 3 is 2.40 bits per heavy atom. The Hall–Kier alpha value is -0.630. The molecule has 0 aliphatic heterocycles. The molecule has 0 unspecified atom stereocenters. The standard InChI is InChI=1S/C13H20BrNO4S/c1-4-13(16,5-2)9-15-20(17,18)10-6-7-12(19-3)11(14)8-10/h6-8,15-16H,4-5,9H2,1-3H3. The second kappa shape index (κ2) is 6.89. The van der Waals surface area contributed by atoms with E-state index < -0.39 is 15.6 Å². The van der Waals surface area contributed by atoms with Gasteiger partial charge in [-0.25, -0.2) is 13.1 Å². The van der Waals surface area contributed by atoms with Gasteiger partial charge in [-0.3, -0.25) is 0 Å². The fraction of sp³-hybridized carbons (Fsp3) is 0.538. The molecule has 0 aromatic heterocycles. The highest BCUT2D eigenvalue weighted by molar-refractivity contribution is 9.10. The lowest BCUT2D eigenvalue weighted by atomic mass is 9.98. The summed E-state index contributed by atoms with van der Waals surface area (Å²) in [6, 6.07) is 4.51. The molecule has 0 saturated carbocycles. The van der Waals surface area contributed by atoms with E-state index in [0.717, 1.165) is 0 Å². The minimum Gasteiger partial charge on any atom is -0.496 e. The third kappa shape index (κ3) is 4.18. The minimum atomic E-state index is -3.66. The van der Waals surface area contributed by atoms with Crippen LogP contribution in [0, 0.1) is 0 Å². The predicted molar refractivity (Wildman–Crippen MR) is 81.4 cm³/mol. The maximum atomic E-state index is 12.2. The highest BCUT2D eigenvalue weighted by atomic mass is 79.9. The van der Waals surface area contributed by atoms with Gasteiger partial charge >= 0.3 is 0 Å². The van der Waals surface area contributed by atoms with Gasteiger partial charge in [0.25, 0.3) is 0 Å². The molecule has 0 atom stereocenters. The lowest BCUT2D eigenvalue weighted by molar-refractivity contribution is 0.0377. The first-order valence-corrected chi connectivity index (χ1v) is 8.61. The first kappa shape index (κ1) is 17.4. The molecule has 0 saturated heterocycles. The summed E-state index contributed by atoms with van der Waals surface area (Å²) in [5.74, 6) is 0.558. The van der Waals surface area contributed by atoms with Gasteiger partial charge in [-0.2, -0.15) is 0 Å². The average Bonchev–Trinajstić information content (AvgIpc) is 2.44. The number of aliphatic hydroxyl groups is 1. The van der Waals surface area contributed by atoms with Crippen LogP contribution in [0.1, 0.15) is 26.7 Å². The number of halogens is 1. The number of ether oxygens (including phenoxy) is 1. The van der Waals surface area contributed by atoms with E-state index in [2.05, 4.69) is 20.7 Å². The van der Waals surface area contributed by atoms with E-state index in [1.165, 1.54) is 19.2 Å². The number of benzene rings is 1. The Labute approximate surface area is 128 Å². The zero-order valence-electron chi connectivity index (χ0n) is 11.8. The van der Waals surface area contributed by atoms with Crippen molar-refractivity contribution in [3.8, 4) is 5.75 Å². The van der Waals surface area contributed by atoms with E-state index in [1.807, 2.05) is 13.8 Å². The van der Waals surface area contributed by atoms with Crippen LogP contribution >= 0.6 is 15.9 Å². The lowest BCUT2D eigenvalue weighted by Gasteiger charge is -2.25. The molecule has 5 nitrogen and oxygen atoms in total. The molecule has 114 valence electrons. The molecular weight excluding hydrogens is 346 g/mol. The van der Waals surface area contributed by atoms with Crippen molar-refractivity contribution in [2.45, 2.75) is 37.2 Å². The average molecular weight is 366 g/mol. The van der Waals surface area contributed by atoms with Crippen LogP contribution in [0.3, 0.4) is 0 Å². The van der Waals surface area contributed by atoms with Crippen molar-refractivity contribution in [2.75, 3.05) is 13.7 Å². The zero-order valence-corrected chi connectivity index (χ0v) is 14.2. The summed E-state index contributed by atoms with van der Waals surface area (Å²) >= 11 is 3.25. The maximum absolute atomic E-state index is 12.2. The Morgan fingerprint density at radius 1 is 1.35 bits per heavy atom. The highest BCUT2D eigenvalue weighted by Crippen LogP contribution is 2.27. The van der Waals surface area contributed by atoms with Gasteiger partial charge < -0.3 is 9.84 Å². The van der Waals surface area contributed by atoms with Gasteiger partial charge in [0, 0.05) is 6.54 Å². The molecule has 0 fully saturated rings. The normalized spacial score (nSPS) is 12.4. The van der Waals surface area contributed by atoms with E-state index in [1.54, 1.807) is 6.07 Å². The SMILES string of the molecule is CCC(O)(CC)CNS(=O)(=O)c1ccc(OC)c(Br)c1. The molecule has 0 spiro atoms. The third-order valence-corrected chi connectivity index (χ3v) is 5.36. The summed E-state index contributed by atoms with van der Waals surface area (Å²) in [5.41, 5.74) is -1.02. The zero-order chi connectivity index (χ0) is 15.4. The van der Waals surface area contributed by atoms with Crippen LogP contribution in [0.5, 0.6) is 5.75 Å². The van der Waals surface area contributed by atoms with E-state index >= 15 is 0 Å². The van der Waals surface area contributed by atoms with Crippen molar-refractivity contribution < 1.29 is 18.3 Å². The summed E-state index contributed by atoms with van der Waals surface area (Å²) in [6.07, 6.45) is 0.969. The van der Waals surface area contributed by atoms with Gasteiger partial charge in [0.05, 0.1) is 22.1 Å². The number of methoxy groups -OCH3 is 1. The maximum Gasteiger partial charge on any atom is 0.240 e. The van der Waals surface area contributed by atoms with Crippen LogP contribution in [-0.4, -0.2) is 32.8 Å². The Bertz CT molecular complexity index is 555. The molecule has 20 heavy (non-hydrogen) atoms. The summed E-state index contributed by atoms with van der Waals surface area (Å²) in [5, 5.41) is 10.1. The van der Waals surface area contributed by atoms with E-state index in [4.69, 9.17) is 4.74 Å². The van der Waals surface area contributed by atoms with Crippen molar-refractivity contribution in [3.63, 3.8) is 0 Å². The van der Waals surface area contributed by atoms with Crippen LogP contribution in [0.25, 0.3) is 0 Å². The monoisotopic (exact) mass is 365 g/mol. The van der Waals surface area contributed by atoms with Gasteiger partial charge in [-0.1, -0.05) is 13.8 Å². The minimum absolute atomic E-state index is 0.00795. The van der Waals surface area contributed by atoms with E-state index in [0.29, 0.717) is 23.1 Å². The Balaban J connectivity index is 2.92. The van der Waals surface area contributed by atoms with Gasteiger partial charge in [0.1, 0.15) is 5.75 Å². The van der Waals surface area contributed by atoms with Crippen molar-refractivity contribution in [1.82, 2.24) is 4.72 Å². The van der Waals surface area contributed by atoms with Gasteiger partial charge in [-0.15, -0.1) is 0 Å². The number of sulfonamides is 1. The second-order valence-electron chi connectivity index (χ2n) is 4.55. The van der Waals surface area contributed by atoms with Crippen molar-refractivity contribution in [2.24, 2.45) is 0 Å². The van der Waals surface area contributed by atoms with Crippen LogP contribution in [0.15, 0.2) is 27.6 Å². The van der Waals surface area contributed by atoms with Crippen LogP contribution in [0.2, 0.25) is 0 Å². The second-order valence-corrected chi connectivity index (χ2v) is 7.17. The number of hydrogen-bond acceptors (Lipinski definition) is 4. The molecule has 0 aliphatic carbocycles. The van der Waals surface area contributed by atoms with Crippen LogP contribution in [-0.2, 0) is 10.0 Å². The molecule has 0 radical (unpaired) electrons. The molecule has 0 bridgehead atoms. The number of nitrogens with one attached hydrogen (secondary N) is 1.